The number of hydrogen-bond donors (Lipinski definition) is 2. The Morgan fingerprint density at radius 1 is 1.07 bits per heavy atom. The summed E-state index contributed by atoms with van der Waals surface area (Å²) in [4.78, 5) is 39.9. The first kappa shape index (κ1) is 20.3. The van der Waals surface area contributed by atoms with Gasteiger partial charge in [-0.3, -0.25) is 14.4 Å². The van der Waals surface area contributed by atoms with Crippen LogP contribution < -0.4 is 10.2 Å². The van der Waals surface area contributed by atoms with Crippen molar-refractivity contribution in [2.45, 2.75) is 25.2 Å². The summed E-state index contributed by atoms with van der Waals surface area (Å²) in [5, 5.41) is 15.8. The highest BCUT2D eigenvalue weighted by Crippen LogP contribution is 2.33. The van der Waals surface area contributed by atoms with Crippen LogP contribution in [0.3, 0.4) is 0 Å². The highest BCUT2D eigenvalue weighted by molar-refractivity contribution is 7.12. The van der Waals surface area contributed by atoms with Crippen LogP contribution in [-0.4, -0.2) is 29.4 Å². The zero-order valence-electron chi connectivity index (χ0n) is 16.0. The second-order valence-corrected chi connectivity index (χ2v) is 9.02. The molecule has 0 saturated carbocycles. The second-order valence-electron chi connectivity index (χ2n) is 7.09. The number of rotatable bonds is 7. The number of amides is 2. The largest absolute Gasteiger partial charge is 0.481 e. The molecule has 0 unspecified atom stereocenters. The van der Waals surface area contributed by atoms with E-state index in [9.17, 15) is 19.5 Å². The summed E-state index contributed by atoms with van der Waals surface area (Å²) in [5.74, 6) is -1.58. The number of nitrogens with one attached hydrogen (secondary N) is 1. The van der Waals surface area contributed by atoms with Crippen molar-refractivity contribution in [3.8, 4) is 0 Å². The van der Waals surface area contributed by atoms with Gasteiger partial charge in [-0.25, -0.2) is 0 Å². The predicted molar refractivity (Wildman–Crippen MR) is 119 cm³/mol. The van der Waals surface area contributed by atoms with Gasteiger partial charge in [0.1, 0.15) is 0 Å². The number of nitrogens with zero attached hydrogens (tertiary/aromatic N) is 1. The smallest absolute Gasteiger partial charge is 0.304 e. The first-order valence-electron chi connectivity index (χ1n) is 9.54. The number of benzene rings is 1. The van der Waals surface area contributed by atoms with Gasteiger partial charge >= 0.3 is 5.97 Å². The van der Waals surface area contributed by atoms with E-state index in [0.717, 1.165) is 22.5 Å². The fraction of sp³-hybridized carbons (Fsp3) is 0.227. The van der Waals surface area contributed by atoms with E-state index < -0.39 is 5.97 Å². The van der Waals surface area contributed by atoms with Crippen LogP contribution in [0, 0.1) is 0 Å². The standard InChI is InChI=1S/C22H20N2O4S2/c25-20(11-15(12-21(26)27)18-3-1-9-29-18)23-16-6-5-14-7-8-24(17(14)13-16)22(28)19-4-2-10-30-19/h1-6,9-10,13,15H,7-8,11-12H2,(H,23,25)(H,26,27)/t15-/m1/s1. The summed E-state index contributed by atoms with van der Waals surface area (Å²) in [6, 6.07) is 13.0. The van der Waals surface area contributed by atoms with Crippen LogP contribution >= 0.6 is 22.7 Å². The van der Waals surface area contributed by atoms with E-state index in [1.807, 2.05) is 53.2 Å². The lowest BCUT2D eigenvalue weighted by atomic mass is 9.99. The van der Waals surface area contributed by atoms with E-state index in [1.165, 1.54) is 22.7 Å². The van der Waals surface area contributed by atoms with Crippen LogP contribution in [0.5, 0.6) is 0 Å². The van der Waals surface area contributed by atoms with E-state index in [0.29, 0.717) is 17.1 Å². The Morgan fingerprint density at radius 3 is 2.57 bits per heavy atom. The lowest BCUT2D eigenvalue weighted by Crippen LogP contribution is -2.28. The Bertz CT molecular complexity index is 1060. The molecule has 1 atom stereocenters. The van der Waals surface area contributed by atoms with Gasteiger partial charge in [-0.2, -0.15) is 0 Å². The van der Waals surface area contributed by atoms with Gasteiger partial charge in [-0.15, -0.1) is 22.7 Å². The Morgan fingerprint density at radius 2 is 1.87 bits per heavy atom. The van der Waals surface area contributed by atoms with Crippen LogP contribution in [0.4, 0.5) is 11.4 Å². The zero-order valence-corrected chi connectivity index (χ0v) is 17.7. The van der Waals surface area contributed by atoms with Gasteiger partial charge in [0.2, 0.25) is 5.91 Å². The molecule has 2 amide bonds. The molecular formula is C22H20N2O4S2. The average Bonchev–Trinajstić information content (AvgIpc) is 3.47. The normalized spacial score (nSPS) is 13.7. The van der Waals surface area contributed by atoms with Crippen molar-refractivity contribution in [1.29, 1.82) is 0 Å². The summed E-state index contributed by atoms with van der Waals surface area (Å²) >= 11 is 2.86. The molecule has 0 saturated heterocycles. The van der Waals surface area contributed by atoms with Gasteiger partial charge in [0.15, 0.2) is 0 Å². The summed E-state index contributed by atoms with van der Waals surface area (Å²) in [6.07, 6.45) is 0.767. The highest BCUT2D eigenvalue weighted by Gasteiger charge is 2.27. The molecule has 154 valence electrons. The van der Waals surface area contributed by atoms with E-state index in [-0.39, 0.29) is 30.6 Å². The number of carbonyl (C=O) groups is 3. The zero-order chi connectivity index (χ0) is 21.1. The summed E-state index contributed by atoms with van der Waals surface area (Å²) < 4.78 is 0. The maximum Gasteiger partial charge on any atom is 0.304 e. The SMILES string of the molecule is O=C(O)C[C@@H](CC(=O)Nc1ccc2c(c1)N(C(=O)c1cccs1)CC2)c1cccs1. The van der Waals surface area contributed by atoms with Crippen LogP contribution in [-0.2, 0) is 16.0 Å². The molecular weight excluding hydrogens is 420 g/mol. The Hall–Kier alpha value is -2.97. The third kappa shape index (κ3) is 4.44. The molecule has 4 rings (SSSR count). The first-order chi connectivity index (χ1) is 14.5. The molecule has 2 N–H and O–H groups in total. The van der Waals surface area contributed by atoms with Crippen molar-refractivity contribution >= 4 is 51.8 Å². The van der Waals surface area contributed by atoms with Crippen molar-refractivity contribution in [2.24, 2.45) is 0 Å². The molecule has 0 aliphatic carbocycles. The molecule has 8 heteroatoms. The summed E-state index contributed by atoms with van der Waals surface area (Å²) in [7, 11) is 0. The van der Waals surface area contributed by atoms with Crippen LogP contribution in [0.1, 0.15) is 38.9 Å². The van der Waals surface area contributed by atoms with E-state index in [2.05, 4.69) is 5.32 Å². The van der Waals surface area contributed by atoms with E-state index in [1.54, 1.807) is 4.90 Å². The summed E-state index contributed by atoms with van der Waals surface area (Å²) in [6.45, 7) is 0.614. The molecule has 0 bridgehead atoms. The Kier molecular flexibility index (Phi) is 5.96. The summed E-state index contributed by atoms with van der Waals surface area (Å²) in [5.41, 5.74) is 2.48. The van der Waals surface area contributed by atoms with Gasteiger partial charge in [0.05, 0.1) is 11.3 Å². The topological polar surface area (TPSA) is 86.7 Å². The first-order valence-corrected chi connectivity index (χ1v) is 11.3. The van der Waals surface area contributed by atoms with Gasteiger partial charge in [-0.05, 0) is 47.0 Å². The molecule has 0 fully saturated rings. The minimum absolute atomic E-state index is 0.0357. The highest BCUT2D eigenvalue weighted by atomic mass is 32.1. The van der Waals surface area contributed by atoms with Gasteiger partial charge in [0, 0.05) is 35.1 Å². The second kappa shape index (κ2) is 8.81. The van der Waals surface area contributed by atoms with E-state index in [4.69, 9.17) is 0 Å². The molecule has 0 spiro atoms. The average molecular weight is 441 g/mol. The number of thiophene rings is 2. The third-order valence-corrected chi connectivity index (χ3v) is 6.93. The maximum atomic E-state index is 12.8. The number of fused-ring (bicyclic) bond motifs is 1. The predicted octanol–water partition coefficient (Wildman–Crippen LogP) is 4.60. The number of aliphatic carboxylic acids is 1. The number of hydrogen-bond acceptors (Lipinski definition) is 5. The maximum absolute atomic E-state index is 12.8. The van der Waals surface area contributed by atoms with Crippen molar-refractivity contribution < 1.29 is 19.5 Å². The molecule has 30 heavy (non-hydrogen) atoms. The van der Waals surface area contributed by atoms with Crippen molar-refractivity contribution in [3.05, 3.63) is 68.5 Å². The van der Waals surface area contributed by atoms with Gasteiger partial charge in [-0.1, -0.05) is 18.2 Å². The Balaban J connectivity index is 1.47. The third-order valence-electron chi connectivity index (χ3n) is 5.04. The molecule has 0 radical (unpaired) electrons. The molecule has 6 nitrogen and oxygen atoms in total. The lowest BCUT2D eigenvalue weighted by molar-refractivity contribution is -0.137. The van der Waals surface area contributed by atoms with Crippen LogP contribution in [0.25, 0.3) is 0 Å². The van der Waals surface area contributed by atoms with Crippen molar-refractivity contribution in [1.82, 2.24) is 0 Å². The number of anilines is 2. The van der Waals surface area contributed by atoms with Gasteiger partial charge < -0.3 is 15.3 Å². The minimum atomic E-state index is -0.929. The quantitative estimate of drug-likeness (QED) is 0.562. The molecule has 1 aromatic carbocycles. The Labute approximate surface area is 181 Å². The monoisotopic (exact) mass is 440 g/mol. The molecule has 2 aromatic heterocycles. The van der Waals surface area contributed by atoms with Crippen LogP contribution in [0.2, 0.25) is 0 Å². The number of carboxylic acids is 1. The molecule has 3 heterocycles. The van der Waals surface area contributed by atoms with Crippen LogP contribution in [0.15, 0.2) is 53.2 Å². The fourth-order valence-electron chi connectivity index (χ4n) is 3.64. The molecule has 1 aliphatic rings. The van der Waals surface area contributed by atoms with Gasteiger partial charge in [0.25, 0.3) is 5.91 Å². The minimum Gasteiger partial charge on any atom is -0.481 e. The van der Waals surface area contributed by atoms with Crippen molar-refractivity contribution in [2.75, 3.05) is 16.8 Å². The molecule has 1 aliphatic heterocycles. The van der Waals surface area contributed by atoms with Crippen molar-refractivity contribution in [3.63, 3.8) is 0 Å². The molecule has 3 aromatic rings. The number of carbonyl (C=O) groups excluding carboxylic acids is 2. The van der Waals surface area contributed by atoms with E-state index >= 15 is 0 Å². The lowest BCUT2D eigenvalue weighted by Gasteiger charge is -2.18. The number of carboxylic acid groups (broad SMARTS) is 1. The fourth-order valence-corrected chi connectivity index (χ4v) is 5.15.